The van der Waals surface area contributed by atoms with Crippen molar-refractivity contribution in [2.45, 2.75) is 51.0 Å². The molecule has 1 fully saturated rings. The van der Waals surface area contributed by atoms with E-state index in [0.717, 1.165) is 34.9 Å². The maximum Gasteiger partial charge on any atom is 0.243 e. The van der Waals surface area contributed by atoms with Gasteiger partial charge in [-0.15, -0.1) is 0 Å². The van der Waals surface area contributed by atoms with Crippen molar-refractivity contribution >= 4 is 26.0 Å². The Hall–Kier alpha value is -0.390. The van der Waals surface area contributed by atoms with Crippen LogP contribution in [-0.2, 0) is 10.0 Å². The van der Waals surface area contributed by atoms with Crippen LogP contribution in [0.25, 0.3) is 0 Å². The third-order valence-electron chi connectivity index (χ3n) is 3.78. The number of sulfonamides is 1. The van der Waals surface area contributed by atoms with Crippen molar-refractivity contribution < 1.29 is 8.42 Å². The first-order valence-corrected chi connectivity index (χ1v) is 8.86. The number of aryl methyl sites for hydroxylation is 2. The van der Waals surface area contributed by atoms with Gasteiger partial charge in [-0.2, -0.15) is 4.31 Å². The maximum atomic E-state index is 12.8. The minimum Gasteiger partial charge on any atom is -0.207 e. The number of rotatable bonds is 2. The number of nitrogens with zero attached hydrogens (tertiary/aromatic N) is 1. The highest BCUT2D eigenvalue weighted by Gasteiger charge is 2.32. The molecule has 2 rings (SSSR count). The van der Waals surface area contributed by atoms with E-state index in [-0.39, 0.29) is 6.04 Å². The van der Waals surface area contributed by atoms with Crippen LogP contribution in [0, 0.1) is 13.8 Å². The van der Waals surface area contributed by atoms with Gasteiger partial charge >= 0.3 is 0 Å². The Morgan fingerprint density at radius 2 is 1.89 bits per heavy atom. The summed E-state index contributed by atoms with van der Waals surface area (Å²) in [5.41, 5.74) is 1.88. The van der Waals surface area contributed by atoms with Crippen molar-refractivity contribution in [3.8, 4) is 0 Å². The summed E-state index contributed by atoms with van der Waals surface area (Å²) in [6, 6.07) is 3.76. The lowest BCUT2D eigenvalue weighted by atomic mass is 10.1. The van der Waals surface area contributed by atoms with Crippen LogP contribution in [0.3, 0.4) is 0 Å². The fraction of sp³-hybridized carbons (Fsp3) is 0.571. The number of benzene rings is 1. The molecule has 1 heterocycles. The molecule has 19 heavy (non-hydrogen) atoms. The lowest BCUT2D eigenvalue weighted by Gasteiger charge is -2.32. The van der Waals surface area contributed by atoms with Crippen molar-refractivity contribution in [3.05, 3.63) is 27.7 Å². The average molecular weight is 346 g/mol. The summed E-state index contributed by atoms with van der Waals surface area (Å²) >= 11 is 3.43. The monoisotopic (exact) mass is 345 g/mol. The van der Waals surface area contributed by atoms with E-state index >= 15 is 0 Å². The first-order chi connectivity index (χ1) is 8.84. The van der Waals surface area contributed by atoms with Crippen molar-refractivity contribution in [2.24, 2.45) is 0 Å². The van der Waals surface area contributed by atoms with Gasteiger partial charge in [0.25, 0.3) is 0 Å². The molecular formula is C14H20BrNO2S. The van der Waals surface area contributed by atoms with E-state index in [1.54, 1.807) is 10.4 Å². The molecule has 1 aromatic rings. The van der Waals surface area contributed by atoms with Crippen LogP contribution in [0.15, 0.2) is 21.5 Å². The van der Waals surface area contributed by atoms with Crippen LogP contribution >= 0.6 is 15.9 Å². The van der Waals surface area contributed by atoms with Crippen molar-refractivity contribution in [3.63, 3.8) is 0 Å². The van der Waals surface area contributed by atoms with E-state index in [2.05, 4.69) is 15.9 Å². The van der Waals surface area contributed by atoms with E-state index in [0.29, 0.717) is 11.4 Å². The van der Waals surface area contributed by atoms with Gasteiger partial charge in [0.1, 0.15) is 0 Å². The molecule has 1 aliphatic heterocycles. The first-order valence-electron chi connectivity index (χ1n) is 6.62. The Labute approximate surface area is 124 Å². The molecule has 0 radical (unpaired) electrons. The summed E-state index contributed by atoms with van der Waals surface area (Å²) < 4.78 is 28.1. The molecule has 3 nitrogen and oxygen atoms in total. The van der Waals surface area contributed by atoms with Gasteiger partial charge in [-0.25, -0.2) is 8.42 Å². The molecule has 0 amide bonds. The zero-order chi connectivity index (χ0) is 14.2. The predicted octanol–water partition coefficient (Wildman–Crippen LogP) is 3.63. The third kappa shape index (κ3) is 2.88. The van der Waals surface area contributed by atoms with Crippen molar-refractivity contribution in [1.29, 1.82) is 0 Å². The van der Waals surface area contributed by atoms with E-state index in [1.807, 2.05) is 26.8 Å². The van der Waals surface area contributed by atoms with Gasteiger partial charge in [0, 0.05) is 17.1 Å². The Balaban J connectivity index is 2.47. The number of halogens is 1. The van der Waals surface area contributed by atoms with Crippen LogP contribution in [-0.4, -0.2) is 25.3 Å². The molecule has 106 valence electrons. The molecule has 1 unspecified atom stereocenters. The van der Waals surface area contributed by atoms with Crippen molar-refractivity contribution in [2.75, 3.05) is 6.54 Å². The van der Waals surface area contributed by atoms with Gasteiger partial charge in [-0.3, -0.25) is 0 Å². The number of piperidine rings is 1. The van der Waals surface area contributed by atoms with Gasteiger partial charge in [0.2, 0.25) is 10.0 Å². The summed E-state index contributed by atoms with van der Waals surface area (Å²) in [4.78, 5) is 0.429. The fourth-order valence-electron chi connectivity index (χ4n) is 2.64. The Kier molecular flexibility index (Phi) is 4.38. The molecule has 5 heteroatoms. The minimum atomic E-state index is -3.38. The molecule has 0 bridgehead atoms. The topological polar surface area (TPSA) is 37.4 Å². The van der Waals surface area contributed by atoms with Crippen LogP contribution < -0.4 is 0 Å². The van der Waals surface area contributed by atoms with Crippen LogP contribution in [0.4, 0.5) is 0 Å². The lowest BCUT2D eigenvalue weighted by Crippen LogP contribution is -2.42. The summed E-state index contributed by atoms with van der Waals surface area (Å²) in [6.45, 7) is 6.46. The fourth-order valence-corrected chi connectivity index (χ4v) is 5.07. The lowest BCUT2D eigenvalue weighted by molar-refractivity contribution is 0.268. The second-order valence-corrected chi connectivity index (χ2v) is 8.04. The van der Waals surface area contributed by atoms with Crippen LogP contribution in [0.5, 0.6) is 0 Å². The zero-order valence-electron chi connectivity index (χ0n) is 11.6. The molecule has 0 spiro atoms. The normalized spacial score (nSPS) is 21.6. The highest BCUT2D eigenvalue weighted by molar-refractivity contribution is 9.10. The highest BCUT2D eigenvalue weighted by atomic mass is 79.9. The van der Waals surface area contributed by atoms with Crippen LogP contribution in [0.2, 0.25) is 0 Å². The third-order valence-corrected chi connectivity index (χ3v) is 6.79. The molecule has 0 N–H and O–H groups in total. The zero-order valence-corrected chi connectivity index (χ0v) is 14.0. The van der Waals surface area contributed by atoms with Crippen LogP contribution in [0.1, 0.15) is 37.3 Å². The standard InChI is InChI=1S/C14H20BrNO2S/c1-10-8-11(2)14(9-13(10)15)19(17,18)16-7-5-4-6-12(16)3/h8-9,12H,4-7H2,1-3H3. The Bertz CT molecular complexity index is 583. The molecule has 1 aliphatic rings. The summed E-state index contributed by atoms with van der Waals surface area (Å²) in [5, 5.41) is 0. The largest absolute Gasteiger partial charge is 0.243 e. The molecule has 1 saturated heterocycles. The second kappa shape index (κ2) is 5.54. The second-order valence-electron chi connectivity index (χ2n) is 5.33. The minimum absolute atomic E-state index is 0.0956. The number of hydrogen-bond acceptors (Lipinski definition) is 2. The van der Waals surface area contributed by atoms with Crippen molar-refractivity contribution in [1.82, 2.24) is 4.31 Å². The predicted molar refractivity (Wildman–Crippen MR) is 80.8 cm³/mol. The van der Waals surface area contributed by atoms with Gasteiger partial charge in [0.15, 0.2) is 0 Å². The Morgan fingerprint density at radius 1 is 1.21 bits per heavy atom. The van der Waals surface area contributed by atoms with E-state index in [9.17, 15) is 8.42 Å². The SMILES string of the molecule is Cc1cc(C)c(S(=O)(=O)N2CCCCC2C)cc1Br. The quantitative estimate of drug-likeness (QED) is 0.820. The van der Waals surface area contributed by atoms with Gasteiger partial charge in [-0.05, 0) is 50.8 Å². The van der Waals surface area contributed by atoms with Gasteiger partial charge in [0.05, 0.1) is 4.90 Å². The summed E-state index contributed by atoms with van der Waals surface area (Å²) in [5.74, 6) is 0. The molecule has 1 atom stereocenters. The van der Waals surface area contributed by atoms with E-state index in [4.69, 9.17) is 0 Å². The molecule has 1 aromatic carbocycles. The van der Waals surface area contributed by atoms with E-state index < -0.39 is 10.0 Å². The molecular weight excluding hydrogens is 326 g/mol. The molecule has 0 saturated carbocycles. The van der Waals surface area contributed by atoms with Gasteiger partial charge in [-0.1, -0.05) is 28.4 Å². The number of hydrogen-bond donors (Lipinski definition) is 0. The molecule has 0 aliphatic carbocycles. The first kappa shape index (κ1) is 15.0. The summed E-state index contributed by atoms with van der Waals surface area (Å²) in [7, 11) is -3.38. The molecule has 0 aromatic heterocycles. The summed E-state index contributed by atoms with van der Waals surface area (Å²) in [6.07, 6.45) is 3.02. The highest BCUT2D eigenvalue weighted by Crippen LogP contribution is 2.30. The van der Waals surface area contributed by atoms with Gasteiger partial charge < -0.3 is 0 Å². The Morgan fingerprint density at radius 3 is 2.53 bits per heavy atom. The average Bonchev–Trinajstić information content (AvgIpc) is 2.34. The van der Waals surface area contributed by atoms with E-state index in [1.165, 1.54) is 0 Å². The maximum absolute atomic E-state index is 12.8. The smallest absolute Gasteiger partial charge is 0.207 e.